The topological polar surface area (TPSA) is 125 Å². The van der Waals surface area contributed by atoms with Crippen molar-refractivity contribution in [3.8, 4) is 5.75 Å². The van der Waals surface area contributed by atoms with Crippen LogP contribution in [0, 0.1) is 11.8 Å². The summed E-state index contributed by atoms with van der Waals surface area (Å²) in [5.74, 6) is -1.44. The average molecular weight is 540 g/mol. The van der Waals surface area contributed by atoms with Crippen LogP contribution in [-0.4, -0.2) is 57.1 Å². The van der Waals surface area contributed by atoms with Crippen LogP contribution in [0.5, 0.6) is 5.75 Å². The second-order valence-electron chi connectivity index (χ2n) is 10.7. The van der Waals surface area contributed by atoms with Crippen LogP contribution in [0.25, 0.3) is 11.0 Å². The number of carbonyl (C=O) groups excluding carboxylic acids is 1. The predicted molar refractivity (Wildman–Crippen MR) is 143 cm³/mol. The average Bonchev–Trinajstić information content (AvgIpc) is 3.29. The van der Waals surface area contributed by atoms with E-state index in [1.54, 1.807) is 6.07 Å². The minimum Gasteiger partial charge on any atom is -0.508 e. The quantitative estimate of drug-likeness (QED) is 0.347. The molecule has 2 fully saturated rings. The molecule has 38 heavy (non-hydrogen) atoms. The lowest BCUT2D eigenvalue weighted by Gasteiger charge is -2.34. The molecule has 4 N–H and O–H groups in total. The van der Waals surface area contributed by atoms with Crippen LogP contribution in [0.4, 0.5) is 8.78 Å². The summed E-state index contributed by atoms with van der Waals surface area (Å²) in [6.45, 7) is 6.12. The first-order chi connectivity index (χ1) is 18.1. The number of aliphatic hydroxyl groups is 1. The van der Waals surface area contributed by atoms with Gasteiger partial charge in [0.1, 0.15) is 24.5 Å². The van der Waals surface area contributed by atoms with E-state index in [1.807, 2.05) is 19.9 Å². The van der Waals surface area contributed by atoms with Gasteiger partial charge in [-0.05, 0) is 76.5 Å². The van der Waals surface area contributed by atoms with E-state index in [0.717, 1.165) is 42.3 Å². The minimum absolute atomic E-state index is 0.177. The van der Waals surface area contributed by atoms with E-state index in [2.05, 4.69) is 23.7 Å². The van der Waals surface area contributed by atoms with Gasteiger partial charge in [-0.15, -0.1) is 0 Å². The second-order valence-corrected chi connectivity index (χ2v) is 10.7. The van der Waals surface area contributed by atoms with E-state index >= 15 is 0 Å². The third-order valence-electron chi connectivity index (χ3n) is 8.04. The molecular formula is C28H43F2N3O5. The molecular weight excluding hydrogens is 496 g/mol. The van der Waals surface area contributed by atoms with Crippen molar-refractivity contribution in [2.24, 2.45) is 11.8 Å². The Morgan fingerprint density at radius 1 is 1.24 bits per heavy atom. The molecule has 2 aliphatic carbocycles. The maximum absolute atomic E-state index is 13.8. The number of imidazole rings is 1. The number of aromatic hydroxyl groups is 1. The number of carbonyl (C=O) groups is 2. The molecule has 4 rings (SSSR count). The molecule has 1 aromatic carbocycles. The number of nitrogens with zero attached hydrogens (tertiary/aromatic N) is 2. The van der Waals surface area contributed by atoms with Gasteiger partial charge in [-0.1, -0.05) is 19.8 Å². The summed E-state index contributed by atoms with van der Waals surface area (Å²) in [6, 6.07) is 4.17. The van der Waals surface area contributed by atoms with Gasteiger partial charge < -0.3 is 30.0 Å². The maximum Gasteiger partial charge on any atom is 0.290 e. The van der Waals surface area contributed by atoms with Crippen LogP contribution < -0.4 is 5.32 Å². The fourth-order valence-electron chi connectivity index (χ4n) is 5.79. The molecule has 214 valence electrons. The Labute approximate surface area is 223 Å². The SMILES string of the molecule is C=O.CNC(C)CCc1c(O)ccc2c1nc(C(O)C1CCC(F)(F)CC1)n2C1CCCC(C)C1.O=CO. The number of aromatic nitrogens is 2. The lowest BCUT2D eigenvalue weighted by atomic mass is 9.82. The smallest absolute Gasteiger partial charge is 0.290 e. The van der Waals surface area contributed by atoms with Gasteiger partial charge in [-0.2, -0.15) is 0 Å². The van der Waals surface area contributed by atoms with Gasteiger partial charge in [0.25, 0.3) is 6.47 Å². The van der Waals surface area contributed by atoms with Crippen LogP contribution in [0.15, 0.2) is 12.1 Å². The molecule has 2 saturated carbocycles. The number of aliphatic hydroxyl groups excluding tert-OH is 1. The van der Waals surface area contributed by atoms with Crippen molar-refractivity contribution in [3.63, 3.8) is 0 Å². The zero-order chi connectivity index (χ0) is 28.5. The summed E-state index contributed by atoms with van der Waals surface area (Å²) in [5, 5.41) is 32.2. The van der Waals surface area contributed by atoms with Crippen LogP contribution in [0.2, 0.25) is 0 Å². The highest BCUT2D eigenvalue weighted by molar-refractivity contribution is 5.82. The molecule has 2 aliphatic rings. The molecule has 8 nitrogen and oxygen atoms in total. The molecule has 0 amide bonds. The van der Waals surface area contributed by atoms with Crippen molar-refractivity contribution in [2.45, 2.75) is 102 Å². The Morgan fingerprint density at radius 3 is 2.45 bits per heavy atom. The third-order valence-corrected chi connectivity index (χ3v) is 8.04. The minimum atomic E-state index is -2.63. The molecule has 0 radical (unpaired) electrons. The zero-order valence-electron chi connectivity index (χ0n) is 22.7. The fourth-order valence-corrected chi connectivity index (χ4v) is 5.79. The number of alkyl halides is 2. The number of nitrogens with one attached hydrogen (secondary N) is 1. The van der Waals surface area contributed by atoms with Gasteiger partial charge in [-0.25, -0.2) is 13.8 Å². The van der Waals surface area contributed by atoms with E-state index in [4.69, 9.17) is 19.7 Å². The molecule has 0 aliphatic heterocycles. The highest BCUT2D eigenvalue weighted by atomic mass is 19.3. The Morgan fingerprint density at radius 2 is 1.87 bits per heavy atom. The molecule has 4 unspecified atom stereocenters. The Kier molecular flexibility index (Phi) is 12.1. The third kappa shape index (κ3) is 7.72. The van der Waals surface area contributed by atoms with Gasteiger partial charge >= 0.3 is 0 Å². The summed E-state index contributed by atoms with van der Waals surface area (Å²) >= 11 is 0. The highest BCUT2D eigenvalue weighted by Gasteiger charge is 2.39. The van der Waals surface area contributed by atoms with E-state index < -0.39 is 12.0 Å². The number of hydrogen-bond acceptors (Lipinski definition) is 6. The number of halogens is 2. The van der Waals surface area contributed by atoms with Crippen LogP contribution in [0.1, 0.15) is 95.2 Å². The first-order valence-corrected chi connectivity index (χ1v) is 13.4. The number of fused-ring (bicyclic) bond motifs is 1. The highest BCUT2D eigenvalue weighted by Crippen LogP contribution is 2.44. The number of aryl methyl sites for hydroxylation is 1. The normalized spacial score (nSPS) is 22.9. The first-order valence-electron chi connectivity index (χ1n) is 13.4. The van der Waals surface area contributed by atoms with Gasteiger partial charge in [-0.3, -0.25) is 4.79 Å². The van der Waals surface area contributed by atoms with Crippen molar-refractivity contribution in [1.29, 1.82) is 0 Å². The number of phenolic OH excluding ortho intramolecular Hbond substituents is 1. The molecule has 2 aromatic rings. The molecule has 10 heteroatoms. The van der Waals surface area contributed by atoms with Crippen molar-refractivity contribution in [3.05, 3.63) is 23.5 Å². The van der Waals surface area contributed by atoms with Crippen LogP contribution >= 0.6 is 0 Å². The Hall–Kier alpha value is -2.59. The van der Waals surface area contributed by atoms with Crippen LogP contribution in [-0.2, 0) is 16.0 Å². The molecule has 0 spiro atoms. The fraction of sp³-hybridized carbons (Fsp3) is 0.679. The van der Waals surface area contributed by atoms with Gasteiger partial charge in [0, 0.05) is 30.5 Å². The molecule has 0 saturated heterocycles. The molecule has 1 aromatic heterocycles. The summed E-state index contributed by atoms with van der Waals surface area (Å²) in [6.07, 6.45) is 5.26. The van der Waals surface area contributed by atoms with E-state index in [9.17, 15) is 19.0 Å². The van der Waals surface area contributed by atoms with Crippen molar-refractivity contribution in [2.75, 3.05) is 7.05 Å². The maximum atomic E-state index is 13.8. The molecule has 0 bridgehead atoms. The standard InChI is InChI=1S/C26H39F2N3O2.CH2O2.CH2O/c1-16-5-4-6-19(15-16)31-21-9-10-22(32)20(8-7-17(2)29-3)23(21)30-25(31)24(33)18-11-13-26(27,28)14-12-18;2-1-3;1-2/h9-10,16-19,24,29,32-33H,4-8,11-15H2,1-3H3;1H,(H,2,3);1H2. The summed E-state index contributed by atoms with van der Waals surface area (Å²) in [5.41, 5.74) is 2.49. The molecule has 4 atom stereocenters. The Balaban J connectivity index is 0.000000947. The van der Waals surface area contributed by atoms with E-state index in [1.165, 1.54) is 6.42 Å². The summed E-state index contributed by atoms with van der Waals surface area (Å²) < 4.78 is 29.7. The number of rotatable bonds is 7. The number of phenols is 1. The van der Waals surface area contributed by atoms with Gasteiger partial charge in [0.15, 0.2) is 0 Å². The lowest BCUT2D eigenvalue weighted by molar-refractivity contribution is -0.122. The second kappa shape index (κ2) is 14.5. The largest absolute Gasteiger partial charge is 0.508 e. The first kappa shape index (κ1) is 31.6. The molecule has 1 heterocycles. The number of carboxylic acid groups (broad SMARTS) is 1. The van der Waals surface area contributed by atoms with Crippen molar-refractivity contribution in [1.82, 2.24) is 14.9 Å². The van der Waals surface area contributed by atoms with Crippen LogP contribution in [0.3, 0.4) is 0 Å². The van der Waals surface area contributed by atoms with E-state index in [0.29, 0.717) is 37.0 Å². The number of benzene rings is 1. The summed E-state index contributed by atoms with van der Waals surface area (Å²) in [4.78, 5) is 21.3. The lowest BCUT2D eigenvalue weighted by Crippen LogP contribution is -2.29. The number of hydrogen-bond donors (Lipinski definition) is 4. The Bertz CT molecular complexity index is 1020. The monoisotopic (exact) mass is 539 g/mol. The van der Waals surface area contributed by atoms with Crippen molar-refractivity contribution < 1.29 is 33.7 Å². The van der Waals surface area contributed by atoms with Gasteiger partial charge in [0.2, 0.25) is 5.92 Å². The van der Waals surface area contributed by atoms with Gasteiger partial charge in [0.05, 0.1) is 11.0 Å². The predicted octanol–water partition coefficient (Wildman–Crippen LogP) is 5.41. The van der Waals surface area contributed by atoms with Crippen molar-refractivity contribution >= 4 is 24.3 Å². The van der Waals surface area contributed by atoms with E-state index in [-0.39, 0.29) is 37.0 Å². The zero-order valence-corrected chi connectivity index (χ0v) is 22.7. The summed E-state index contributed by atoms with van der Waals surface area (Å²) in [7, 11) is 1.92.